The van der Waals surface area contributed by atoms with E-state index < -0.39 is 41.1 Å². The highest BCUT2D eigenvalue weighted by molar-refractivity contribution is 6.30. The van der Waals surface area contributed by atoms with E-state index in [0.29, 0.717) is 23.6 Å². The SMILES string of the molecule is C=CCN(C(=O)C1N([C@@H](CC)CO)C(=O)[C@@H]2[C@@H](C(=O)OCC)[C@]3(C)OC12CC3C)c1ccc(Cl)cc1. The number of carbonyl (C=O) groups is 3. The maximum Gasteiger partial charge on any atom is 0.312 e. The Kier molecular flexibility index (Phi) is 7.25. The Morgan fingerprint density at radius 3 is 2.58 bits per heavy atom. The number of carbonyl (C=O) groups excluding carboxylic acids is 3. The molecule has 3 heterocycles. The molecule has 1 N–H and O–H groups in total. The number of nitrogens with zero attached hydrogens (tertiary/aromatic N) is 2. The number of esters is 1. The van der Waals surface area contributed by atoms with Gasteiger partial charge in [-0.1, -0.05) is 31.5 Å². The molecule has 0 saturated carbocycles. The molecule has 1 spiro atoms. The van der Waals surface area contributed by atoms with Crippen molar-refractivity contribution in [2.45, 2.75) is 63.8 Å². The second kappa shape index (κ2) is 9.80. The summed E-state index contributed by atoms with van der Waals surface area (Å²) in [5.41, 5.74) is -1.56. The van der Waals surface area contributed by atoms with Crippen molar-refractivity contribution in [2.75, 3.05) is 24.7 Å². The van der Waals surface area contributed by atoms with Gasteiger partial charge in [0.1, 0.15) is 17.6 Å². The minimum absolute atomic E-state index is 0.0937. The largest absolute Gasteiger partial charge is 0.466 e. The van der Waals surface area contributed by atoms with Crippen LogP contribution in [0.4, 0.5) is 5.69 Å². The van der Waals surface area contributed by atoms with E-state index in [0.717, 1.165) is 0 Å². The summed E-state index contributed by atoms with van der Waals surface area (Å²) in [5.74, 6) is -2.99. The molecule has 1 aromatic carbocycles. The van der Waals surface area contributed by atoms with Crippen LogP contribution in [-0.4, -0.2) is 70.8 Å². The second-order valence-electron chi connectivity index (χ2n) is 10.2. The number of rotatable bonds is 9. The minimum atomic E-state index is -1.21. The molecule has 1 aromatic rings. The van der Waals surface area contributed by atoms with E-state index in [4.69, 9.17) is 21.1 Å². The van der Waals surface area contributed by atoms with E-state index in [1.54, 1.807) is 42.2 Å². The van der Waals surface area contributed by atoms with E-state index in [1.807, 2.05) is 20.8 Å². The molecule has 4 rings (SSSR count). The number of aliphatic hydroxyl groups is 1. The molecule has 0 radical (unpaired) electrons. The summed E-state index contributed by atoms with van der Waals surface area (Å²) in [4.78, 5) is 44.8. The van der Waals surface area contributed by atoms with E-state index in [9.17, 15) is 19.5 Å². The molecule has 2 amide bonds. The van der Waals surface area contributed by atoms with E-state index >= 15 is 0 Å². The highest BCUT2D eigenvalue weighted by Gasteiger charge is 2.80. The van der Waals surface area contributed by atoms with Crippen molar-refractivity contribution >= 4 is 35.1 Å². The first-order valence-corrected chi connectivity index (χ1v) is 13.0. The summed E-state index contributed by atoms with van der Waals surface area (Å²) in [6, 6.07) is 5.24. The van der Waals surface area contributed by atoms with Gasteiger partial charge in [-0.05, 0) is 56.9 Å². The van der Waals surface area contributed by atoms with Crippen LogP contribution in [0.2, 0.25) is 5.02 Å². The Hall–Kier alpha value is -2.42. The Bertz CT molecular complexity index is 1040. The molecule has 7 atom stereocenters. The van der Waals surface area contributed by atoms with Crippen LogP contribution in [0.15, 0.2) is 36.9 Å². The topological polar surface area (TPSA) is 96.4 Å². The molecule has 3 saturated heterocycles. The van der Waals surface area contributed by atoms with Gasteiger partial charge in [0, 0.05) is 17.3 Å². The lowest BCUT2D eigenvalue weighted by Crippen LogP contribution is -2.59. The number of halogens is 1. The van der Waals surface area contributed by atoms with Gasteiger partial charge in [-0.25, -0.2) is 0 Å². The summed E-state index contributed by atoms with van der Waals surface area (Å²) in [5, 5.41) is 10.7. The fraction of sp³-hybridized carbons (Fsp3) is 0.593. The maximum atomic E-state index is 14.4. The van der Waals surface area contributed by atoms with Crippen LogP contribution in [0.5, 0.6) is 0 Å². The number of ether oxygens (including phenoxy) is 2. The quantitative estimate of drug-likeness (QED) is 0.398. The number of anilines is 1. The molecule has 9 heteroatoms. The lowest BCUT2D eigenvalue weighted by atomic mass is 9.62. The van der Waals surface area contributed by atoms with Crippen LogP contribution in [0.3, 0.4) is 0 Å². The molecular weight excluding hydrogens is 484 g/mol. The molecule has 8 nitrogen and oxygen atoms in total. The number of amides is 2. The minimum Gasteiger partial charge on any atom is -0.466 e. The zero-order valence-corrected chi connectivity index (χ0v) is 22.0. The smallest absolute Gasteiger partial charge is 0.312 e. The molecule has 196 valence electrons. The third-order valence-electron chi connectivity index (χ3n) is 8.32. The average molecular weight is 519 g/mol. The first-order chi connectivity index (χ1) is 17.1. The average Bonchev–Trinajstić information content (AvgIpc) is 3.36. The maximum absolute atomic E-state index is 14.4. The van der Waals surface area contributed by atoms with Gasteiger partial charge in [0.15, 0.2) is 0 Å². The molecule has 3 unspecified atom stereocenters. The first kappa shape index (κ1) is 26.6. The van der Waals surface area contributed by atoms with Crippen LogP contribution in [0.25, 0.3) is 0 Å². The highest BCUT2D eigenvalue weighted by atomic mass is 35.5. The molecule has 3 fully saturated rings. The van der Waals surface area contributed by atoms with E-state index in [1.165, 1.54) is 4.90 Å². The second-order valence-corrected chi connectivity index (χ2v) is 10.6. The molecule has 3 aliphatic heterocycles. The third-order valence-corrected chi connectivity index (χ3v) is 8.57. The van der Waals surface area contributed by atoms with Gasteiger partial charge in [0.05, 0.1) is 30.8 Å². The van der Waals surface area contributed by atoms with Crippen LogP contribution >= 0.6 is 11.6 Å². The summed E-state index contributed by atoms with van der Waals surface area (Å²) < 4.78 is 12.1. The Morgan fingerprint density at radius 1 is 1.36 bits per heavy atom. The number of hydrogen-bond acceptors (Lipinski definition) is 6. The molecule has 0 aliphatic carbocycles. The van der Waals surface area contributed by atoms with Crippen molar-refractivity contribution in [3.8, 4) is 0 Å². The highest BCUT2D eigenvalue weighted by Crippen LogP contribution is 2.65. The molecule has 0 aromatic heterocycles. The molecule has 2 bridgehead atoms. The lowest BCUT2D eigenvalue weighted by Gasteiger charge is -2.39. The lowest BCUT2D eigenvalue weighted by molar-refractivity contribution is -0.162. The van der Waals surface area contributed by atoms with Gasteiger partial charge >= 0.3 is 5.97 Å². The van der Waals surface area contributed by atoms with Gasteiger partial charge in [-0.15, -0.1) is 6.58 Å². The van der Waals surface area contributed by atoms with Gasteiger partial charge < -0.3 is 24.4 Å². The van der Waals surface area contributed by atoms with Crippen LogP contribution in [-0.2, 0) is 23.9 Å². The predicted octanol–water partition coefficient (Wildman–Crippen LogP) is 3.20. The van der Waals surface area contributed by atoms with Crippen LogP contribution in [0.1, 0.15) is 40.5 Å². The zero-order valence-electron chi connectivity index (χ0n) is 21.3. The fourth-order valence-corrected chi connectivity index (χ4v) is 6.70. The van der Waals surface area contributed by atoms with Gasteiger partial charge in [-0.3, -0.25) is 14.4 Å². The van der Waals surface area contributed by atoms with Gasteiger partial charge in [0.25, 0.3) is 5.91 Å². The van der Waals surface area contributed by atoms with Crippen molar-refractivity contribution in [3.05, 3.63) is 41.9 Å². The number of likely N-dealkylation sites (tertiary alicyclic amines) is 1. The third kappa shape index (κ3) is 3.76. The predicted molar refractivity (Wildman–Crippen MR) is 135 cm³/mol. The monoisotopic (exact) mass is 518 g/mol. The Morgan fingerprint density at radius 2 is 2.03 bits per heavy atom. The van der Waals surface area contributed by atoms with Crippen molar-refractivity contribution < 1.29 is 29.0 Å². The summed E-state index contributed by atoms with van der Waals surface area (Å²) in [7, 11) is 0. The number of benzene rings is 1. The summed E-state index contributed by atoms with van der Waals surface area (Å²) in [6.45, 7) is 11.3. The van der Waals surface area contributed by atoms with Gasteiger partial charge in [-0.2, -0.15) is 0 Å². The fourth-order valence-electron chi connectivity index (χ4n) is 6.57. The number of hydrogen-bond donors (Lipinski definition) is 1. The number of fused-ring (bicyclic) bond motifs is 1. The first-order valence-electron chi connectivity index (χ1n) is 12.6. The normalized spacial score (nSPS) is 33.4. The van der Waals surface area contributed by atoms with Crippen molar-refractivity contribution in [1.29, 1.82) is 0 Å². The zero-order chi connectivity index (χ0) is 26.4. The summed E-state index contributed by atoms with van der Waals surface area (Å²) >= 11 is 6.08. The Balaban J connectivity index is 1.87. The standard InChI is InChI=1S/C27H35ClN2O6/c1-6-13-29(19-11-9-17(28)10-12-19)24(33)22-27-14-16(4)26(5,36-27)21(25(34)35-8-3)20(27)23(32)30(22)18(7-2)15-31/h6,9-12,16,18,20-22,31H,1,7-8,13-15H2,2-5H3/t16?,18-,20-,21-,22?,26+,27?/m0/s1. The molecular formula is C27H35ClN2O6. The van der Waals surface area contributed by atoms with E-state index in [2.05, 4.69) is 6.58 Å². The van der Waals surface area contributed by atoms with Crippen LogP contribution < -0.4 is 4.90 Å². The molecule has 36 heavy (non-hydrogen) atoms. The molecule has 3 aliphatic rings. The Labute approximate surface area is 217 Å². The van der Waals surface area contributed by atoms with Crippen molar-refractivity contribution in [1.82, 2.24) is 4.90 Å². The summed E-state index contributed by atoms with van der Waals surface area (Å²) in [6.07, 6.45) is 2.49. The van der Waals surface area contributed by atoms with E-state index in [-0.39, 0.29) is 37.5 Å². The number of aliphatic hydroxyl groups excluding tert-OH is 1. The van der Waals surface area contributed by atoms with Crippen molar-refractivity contribution in [3.63, 3.8) is 0 Å². The van der Waals surface area contributed by atoms with Gasteiger partial charge in [0.2, 0.25) is 5.91 Å². The van der Waals surface area contributed by atoms with Crippen molar-refractivity contribution in [2.24, 2.45) is 17.8 Å². The van der Waals surface area contributed by atoms with Crippen LogP contribution in [0, 0.1) is 17.8 Å².